The van der Waals surface area contributed by atoms with E-state index in [2.05, 4.69) is 0 Å². The second-order valence-electron chi connectivity index (χ2n) is 7.97. The molecule has 0 amide bonds. The molecule has 3 aromatic rings. The highest BCUT2D eigenvalue weighted by molar-refractivity contribution is 5.90. The van der Waals surface area contributed by atoms with Crippen LogP contribution in [0.2, 0.25) is 0 Å². The molecule has 32 heavy (non-hydrogen) atoms. The second-order valence-corrected chi connectivity index (χ2v) is 7.97. The lowest BCUT2D eigenvalue weighted by Gasteiger charge is -2.31. The first-order chi connectivity index (χ1) is 16.4. The number of pyridine rings is 2. The zero-order valence-electron chi connectivity index (χ0n) is 20.5. The van der Waals surface area contributed by atoms with Gasteiger partial charge in [-0.25, -0.2) is 9.78 Å². The van der Waals surface area contributed by atoms with Gasteiger partial charge in [-0.05, 0) is 42.7 Å². The van der Waals surface area contributed by atoms with Crippen LogP contribution in [-0.4, -0.2) is 26.6 Å². The third-order valence-corrected chi connectivity index (χ3v) is 6.22. The van der Waals surface area contributed by atoms with Crippen LogP contribution in [0.5, 0.6) is 5.75 Å². The van der Waals surface area contributed by atoms with Gasteiger partial charge in [0.05, 0.1) is 29.0 Å². The van der Waals surface area contributed by atoms with Crippen molar-refractivity contribution in [1.82, 2.24) is 9.55 Å². The largest absolute Gasteiger partial charge is 0.458 e. The van der Waals surface area contributed by atoms with Gasteiger partial charge in [0, 0.05) is 27.5 Å². The van der Waals surface area contributed by atoms with Gasteiger partial charge in [0.1, 0.15) is 12.4 Å². The number of hydrogen-bond acceptors (Lipinski definition) is 7. The van der Waals surface area contributed by atoms with Crippen LogP contribution in [0.25, 0.3) is 22.3 Å². The standard InChI is InChI=1S/C24H22N2O6/c1-4-14-15-8-13(32-12(3)27)6-7-19(15)25-21-16(14)10-26-20(21)9-18-17(22(26)28)11-31-23(29)24(18,30)5-2/h6-9,30H,4-5,10-11H2,1-3H3/t24-/m0/s1/i1D3. The Bertz CT molecular complexity index is 1490. The average molecular weight is 437 g/mol. The summed E-state index contributed by atoms with van der Waals surface area (Å²) in [6, 6.07) is 6.33. The van der Waals surface area contributed by atoms with Crippen molar-refractivity contribution in [3.63, 3.8) is 0 Å². The Balaban J connectivity index is 1.79. The number of aryl methyl sites for hydroxylation is 1. The van der Waals surface area contributed by atoms with Crippen LogP contribution in [0.1, 0.15) is 53.5 Å². The second kappa shape index (κ2) is 7.00. The molecule has 0 aliphatic carbocycles. The Morgan fingerprint density at radius 3 is 2.88 bits per heavy atom. The van der Waals surface area contributed by atoms with E-state index in [-0.39, 0.29) is 42.9 Å². The van der Waals surface area contributed by atoms with Gasteiger partial charge in [-0.15, -0.1) is 0 Å². The number of nitrogens with zero attached hydrogens (tertiary/aromatic N) is 2. The number of carbonyl (C=O) groups is 2. The number of aromatic nitrogens is 2. The molecule has 0 saturated carbocycles. The SMILES string of the molecule is [2H]C([2H])([2H])Cc1c2c(nc3ccc(OC(C)=O)cc13)-c1cc3c(c(=O)n1C2)COC(=O)[C@]3(O)CC. The predicted octanol–water partition coefficient (Wildman–Crippen LogP) is 2.57. The minimum Gasteiger partial charge on any atom is -0.458 e. The van der Waals surface area contributed by atoms with Crippen LogP contribution in [0.15, 0.2) is 29.1 Å². The predicted molar refractivity (Wildman–Crippen MR) is 115 cm³/mol. The van der Waals surface area contributed by atoms with E-state index in [9.17, 15) is 19.5 Å². The molecule has 8 heteroatoms. The lowest BCUT2D eigenvalue weighted by Crippen LogP contribution is -2.44. The van der Waals surface area contributed by atoms with Crippen molar-refractivity contribution in [3.05, 3.63) is 56.9 Å². The number of hydrogen-bond donors (Lipinski definition) is 1. The zero-order valence-corrected chi connectivity index (χ0v) is 17.5. The van der Waals surface area contributed by atoms with E-state index >= 15 is 0 Å². The van der Waals surface area contributed by atoms with Crippen molar-refractivity contribution in [2.75, 3.05) is 0 Å². The summed E-state index contributed by atoms with van der Waals surface area (Å²) in [4.78, 5) is 41.9. The summed E-state index contributed by atoms with van der Waals surface area (Å²) in [6.07, 6.45) is -0.274. The normalized spacial score (nSPS) is 20.5. The summed E-state index contributed by atoms with van der Waals surface area (Å²) in [5.41, 5.74) is 0.273. The molecule has 2 aliphatic heterocycles. The highest BCUT2D eigenvalue weighted by Crippen LogP contribution is 2.40. The molecule has 2 aliphatic rings. The molecule has 0 spiro atoms. The van der Waals surface area contributed by atoms with Crippen LogP contribution in [0, 0.1) is 0 Å². The topological polar surface area (TPSA) is 108 Å². The maximum Gasteiger partial charge on any atom is 0.343 e. The smallest absolute Gasteiger partial charge is 0.343 e. The molecular formula is C24H22N2O6. The first-order valence-corrected chi connectivity index (χ1v) is 10.2. The van der Waals surface area contributed by atoms with Gasteiger partial charge >= 0.3 is 11.9 Å². The summed E-state index contributed by atoms with van der Waals surface area (Å²) < 4.78 is 35.4. The summed E-state index contributed by atoms with van der Waals surface area (Å²) in [5.74, 6) is -1.08. The molecule has 1 aromatic carbocycles. The summed E-state index contributed by atoms with van der Waals surface area (Å²) in [5, 5.41) is 11.5. The molecular weight excluding hydrogens is 412 g/mol. The van der Waals surface area contributed by atoms with Gasteiger partial charge in [0.2, 0.25) is 0 Å². The van der Waals surface area contributed by atoms with Gasteiger partial charge in [0.25, 0.3) is 5.56 Å². The fourth-order valence-corrected chi connectivity index (χ4v) is 4.57. The highest BCUT2D eigenvalue weighted by atomic mass is 16.6. The van der Waals surface area contributed by atoms with Crippen LogP contribution in [0.4, 0.5) is 0 Å². The maximum atomic E-state index is 13.4. The first-order valence-electron chi connectivity index (χ1n) is 11.7. The molecule has 1 N–H and O–H groups in total. The van der Waals surface area contributed by atoms with Crippen molar-refractivity contribution in [1.29, 1.82) is 0 Å². The fraction of sp³-hybridized carbons (Fsp3) is 0.333. The molecule has 5 rings (SSSR count). The van der Waals surface area contributed by atoms with Crippen LogP contribution in [-0.2, 0) is 39.5 Å². The molecule has 0 fully saturated rings. The third-order valence-electron chi connectivity index (χ3n) is 6.22. The monoisotopic (exact) mass is 437 g/mol. The lowest BCUT2D eigenvalue weighted by atomic mass is 9.86. The summed E-state index contributed by atoms with van der Waals surface area (Å²) in [6.45, 7) is 0.388. The van der Waals surface area contributed by atoms with E-state index in [1.54, 1.807) is 31.2 Å². The van der Waals surface area contributed by atoms with Gasteiger partial charge in [-0.1, -0.05) is 13.8 Å². The minimum atomic E-state index is -2.32. The van der Waals surface area contributed by atoms with E-state index in [1.807, 2.05) is 0 Å². The molecule has 8 nitrogen and oxygen atoms in total. The average Bonchev–Trinajstić information content (AvgIpc) is 3.14. The van der Waals surface area contributed by atoms with Crippen LogP contribution in [0.3, 0.4) is 0 Å². The third kappa shape index (κ3) is 2.72. The van der Waals surface area contributed by atoms with Crippen molar-refractivity contribution >= 4 is 22.8 Å². The van der Waals surface area contributed by atoms with Crippen molar-refractivity contribution in [2.45, 2.75) is 52.3 Å². The number of fused-ring (bicyclic) bond motifs is 5. The number of carbonyl (C=O) groups excluding carboxylic acids is 2. The molecule has 164 valence electrons. The summed E-state index contributed by atoms with van der Waals surface area (Å²) >= 11 is 0. The fourth-order valence-electron chi connectivity index (χ4n) is 4.57. The number of esters is 2. The first kappa shape index (κ1) is 17.1. The van der Waals surface area contributed by atoms with Crippen molar-refractivity contribution in [2.24, 2.45) is 0 Å². The Labute approximate surface area is 187 Å². The molecule has 2 aromatic heterocycles. The maximum absolute atomic E-state index is 13.4. The Morgan fingerprint density at radius 1 is 1.34 bits per heavy atom. The van der Waals surface area contributed by atoms with Crippen LogP contribution < -0.4 is 10.3 Å². The van der Waals surface area contributed by atoms with Crippen LogP contribution >= 0.6 is 0 Å². The van der Waals surface area contributed by atoms with E-state index in [1.165, 1.54) is 11.5 Å². The molecule has 0 bridgehead atoms. The van der Waals surface area contributed by atoms with E-state index in [0.29, 0.717) is 33.4 Å². The molecule has 0 unspecified atom stereocenters. The molecule has 0 saturated heterocycles. The quantitative estimate of drug-likeness (QED) is 0.388. The zero-order chi connectivity index (χ0) is 25.3. The lowest BCUT2D eigenvalue weighted by molar-refractivity contribution is -0.172. The van der Waals surface area contributed by atoms with Gasteiger partial charge in [-0.2, -0.15) is 0 Å². The van der Waals surface area contributed by atoms with E-state index in [4.69, 9.17) is 18.6 Å². The van der Waals surface area contributed by atoms with E-state index < -0.39 is 30.0 Å². The van der Waals surface area contributed by atoms with E-state index in [0.717, 1.165) is 0 Å². The number of cyclic esters (lactones) is 1. The Hall–Kier alpha value is -3.52. The van der Waals surface area contributed by atoms with Crippen molar-refractivity contribution < 1.29 is 28.3 Å². The van der Waals surface area contributed by atoms with Gasteiger partial charge in [0.15, 0.2) is 5.60 Å². The molecule has 1 atom stereocenters. The minimum absolute atomic E-state index is 0.0168. The number of rotatable bonds is 3. The molecule has 4 heterocycles. The van der Waals surface area contributed by atoms with Gasteiger partial charge in [-0.3, -0.25) is 9.59 Å². The Morgan fingerprint density at radius 2 is 2.16 bits per heavy atom. The number of ether oxygens (including phenoxy) is 2. The number of aliphatic hydroxyl groups is 1. The summed E-state index contributed by atoms with van der Waals surface area (Å²) in [7, 11) is 0. The van der Waals surface area contributed by atoms with Gasteiger partial charge < -0.3 is 19.1 Å². The Kier molecular flexibility index (Phi) is 3.74. The van der Waals surface area contributed by atoms with Crippen molar-refractivity contribution in [3.8, 4) is 17.1 Å². The highest BCUT2D eigenvalue weighted by Gasteiger charge is 2.45. The number of benzene rings is 1. The molecule has 0 radical (unpaired) electrons.